The van der Waals surface area contributed by atoms with Crippen LogP contribution >= 0.6 is 0 Å². The molecule has 2 rings (SSSR count). The predicted molar refractivity (Wildman–Crippen MR) is 47.6 cm³/mol. The maximum Gasteiger partial charge on any atom is 0.0872 e. The van der Waals surface area contributed by atoms with E-state index in [-0.39, 0.29) is 0 Å². The molecule has 0 saturated carbocycles. The van der Waals surface area contributed by atoms with Crippen molar-refractivity contribution in [2.75, 3.05) is 13.1 Å². The monoisotopic (exact) mass is 169 g/mol. The first-order valence-electron chi connectivity index (χ1n) is 4.84. The van der Waals surface area contributed by atoms with Crippen LogP contribution in [0.25, 0.3) is 0 Å². The summed E-state index contributed by atoms with van der Waals surface area (Å²) >= 11 is 0. The second-order valence-corrected chi connectivity index (χ2v) is 4.05. The second kappa shape index (κ2) is 2.84. The average Bonchev–Trinajstić information content (AvgIpc) is 2.58. The summed E-state index contributed by atoms with van der Waals surface area (Å²) in [5.74, 6) is 0. The SMILES string of the molecule is CC[C@]12CCCN1C/C(=C\F)C2. The molecule has 2 fully saturated rings. The molecule has 0 aliphatic carbocycles. The van der Waals surface area contributed by atoms with Crippen molar-refractivity contribution in [1.82, 2.24) is 4.90 Å². The van der Waals surface area contributed by atoms with Crippen LogP contribution in [0.5, 0.6) is 0 Å². The molecule has 1 nitrogen and oxygen atoms in total. The van der Waals surface area contributed by atoms with Gasteiger partial charge in [0.2, 0.25) is 0 Å². The van der Waals surface area contributed by atoms with Crippen molar-refractivity contribution < 1.29 is 4.39 Å². The van der Waals surface area contributed by atoms with Gasteiger partial charge < -0.3 is 0 Å². The fourth-order valence-electron chi connectivity index (χ4n) is 2.76. The van der Waals surface area contributed by atoms with Crippen molar-refractivity contribution in [3.8, 4) is 0 Å². The maximum atomic E-state index is 12.3. The molecule has 2 saturated heterocycles. The molecule has 2 heterocycles. The van der Waals surface area contributed by atoms with Crippen molar-refractivity contribution in [2.45, 2.75) is 38.1 Å². The minimum absolute atomic E-state index is 0.345. The van der Waals surface area contributed by atoms with Crippen LogP contribution in [-0.4, -0.2) is 23.5 Å². The molecule has 0 N–H and O–H groups in total. The Labute approximate surface area is 73.2 Å². The Hall–Kier alpha value is -0.370. The van der Waals surface area contributed by atoms with Crippen molar-refractivity contribution in [3.63, 3.8) is 0 Å². The van der Waals surface area contributed by atoms with E-state index in [0.29, 0.717) is 5.54 Å². The lowest BCUT2D eigenvalue weighted by atomic mass is 9.90. The van der Waals surface area contributed by atoms with E-state index >= 15 is 0 Å². The molecule has 0 unspecified atom stereocenters. The molecule has 1 atom stereocenters. The van der Waals surface area contributed by atoms with Gasteiger partial charge in [-0.1, -0.05) is 6.92 Å². The molecule has 2 aliphatic heterocycles. The minimum atomic E-state index is 0.345. The van der Waals surface area contributed by atoms with Gasteiger partial charge in [-0.25, -0.2) is 4.39 Å². The van der Waals surface area contributed by atoms with Gasteiger partial charge in [-0.2, -0.15) is 0 Å². The number of halogens is 1. The van der Waals surface area contributed by atoms with Crippen molar-refractivity contribution in [2.24, 2.45) is 0 Å². The number of hydrogen-bond donors (Lipinski definition) is 0. The average molecular weight is 169 g/mol. The molecule has 0 bridgehead atoms. The van der Waals surface area contributed by atoms with E-state index in [1.54, 1.807) is 0 Å². The Bertz CT molecular complexity index is 212. The molecule has 0 spiro atoms. The van der Waals surface area contributed by atoms with Gasteiger partial charge in [0.15, 0.2) is 0 Å². The first-order chi connectivity index (χ1) is 5.80. The highest BCUT2D eigenvalue weighted by atomic mass is 19.1. The number of hydrogen-bond acceptors (Lipinski definition) is 1. The van der Waals surface area contributed by atoms with Crippen LogP contribution in [0.2, 0.25) is 0 Å². The fraction of sp³-hybridized carbons (Fsp3) is 0.800. The quantitative estimate of drug-likeness (QED) is 0.583. The molecule has 68 valence electrons. The van der Waals surface area contributed by atoms with Crippen LogP contribution in [0.15, 0.2) is 11.9 Å². The van der Waals surface area contributed by atoms with Gasteiger partial charge in [0.25, 0.3) is 0 Å². The van der Waals surface area contributed by atoms with Crippen molar-refractivity contribution >= 4 is 0 Å². The van der Waals surface area contributed by atoms with E-state index in [2.05, 4.69) is 11.8 Å². The first-order valence-corrected chi connectivity index (χ1v) is 4.84. The normalized spacial score (nSPS) is 39.3. The van der Waals surface area contributed by atoms with Crippen molar-refractivity contribution in [3.05, 3.63) is 11.9 Å². The Morgan fingerprint density at radius 1 is 1.67 bits per heavy atom. The van der Waals surface area contributed by atoms with Gasteiger partial charge in [0.05, 0.1) is 6.33 Å². The highest BCUT2D eigenvalue weighted by molar-refractivity contribution is 5.18. The molecular weight excluding hydrogens is 153 g/mol. The summed E-state index contributed by atoms with van der Waals surface area (Å²) in [6, 6.07) is 0. The van der Waals surface area contributed by atoms with Crippen molar-refractivity contribution in [1.29, 1.82) is 0 Å². The molecular formula is C10H16FN. The zero-order valence-electron chi connectivity index (χ0n) is 7.65. The smallest absolute Gasteiger partial charge is 0.0872 e. The molecule has 0 aromatic heterocycles. The third-order valence-electron chi connectivity index (χ3n) is 3.50. The fourth-order valence-corrected chi connectivity index (χ4v) is 2.76. The second-order valence-electron chi connectivity index (χ2n) is 4.05. The standard InChI is InChI=1S/C10H16FN/c1-2-10-4-3-5-12(10)8-9(6-10)7-11/h7H,2-6,8H2,1H3/b9-7-/t10-/m1/s1. The highest BCUT2D eigenvalue weighted by Gasteiger charge is 2.44. The highest BCUT2D eigenvalue weighted by Crippen LogP contribution is 2.43. The van der Waals surface area contributed by atoms with Gasteiger partial charge in [-0.05, 0) is 37.8 Å². The minimum Gasteiger partial charge on any atom is -0.293 e. The van der Waals surface area contributed by atoms with Crippen LogP contribution in [-0.2, 0) is 0 Å². The lowest BCUT2D eigenvalue weighted by Crippen LogP contribution is -2.37. The van der Waals surface area contributed by atoms with Gasteiger partial charge in [-0.15, -0.1) is 0 Å². The summed E-state index contributed by atoms with van der Waals surface area (Å²) in [5, 5.41) is 0. The molecule has 2 aliphatic rings. The van der Waals surface area contributed by atoms with Crippen LogP contribution in [0.3, 0.4) is 0 Å². The molecule has 0 aromatic carbocycles. The number of rotatable bonds is 1. The summed E-state index contributed by atoms with van der Waals surface area (Å²) in [6.07, 6.45) is 5.52. The number of nitrogens with zero attached hydrogens (tertiary/aromatic N) is 1. The summed E-state index contributed by atoms with van der Waals surface area (Å²) in [4.78, 5) is 2.46. The Kier molecular flexibility index (Phi) is 1.95. The largest absolute Gasteiger partial charge is 0.293 e. The van der Waals surface area contributed by atoms with E-state index in [1.807, 2.05) is 0 Å². The zero-order chi connectivity index (χ0) is 8.60. The van der Waals surface area contributed by atoms with Crippen LogP contribution in [0.1, 0.15) is 32.6 Å². The summed E-state index contributed by atoms with van der Waals surface area (Å²) in [5.41, 5.74) is 1.34. The van der Waals surface area contributed by atoms with Gasteiger partial charge in [0, 0.05) is 12.1 Å². The molecule has 0 amide bonds. The maximum absolute atomic E-state index is 12.3. The Morgan fingerprint density at radius 2 is 2.50 bits per heavy atom. The van der Waals surface area contributed by atoms with Gasteiger partial charge in [-0.3, -0.25) is 4.90 Å². The molecule has 0 radical (unpaired) electrons. The van der Waals surface area contributed by atoms with E-state index in [4.69, 9.17) is 0 Å². The molecule has 12 heavy (non-hydrogen) atoms. The Morgan fingerprint density at radius 3 is 3.08 bits per heavy atom. The first kappa shape index (κ1) is 8.24. The van der Waals surface area contributed by atoms with Gasteiger partial charge in [0.1, 0.15) is 0 Å². The third-order valence-corrected chi connectivity index (χ3v) is 3.50. The van der Waals surface area contributed by atoms with Crippen LogP contribution < -0.4 is 0 Å². The lowest BCUT2D eigenvalue weighted by Gasteiger charge is -2.29. The van der Waals surface area contributed by atoms with Crippen LogP contribution in [0, 0.1) is 0 Å². The van der Waals surface area contributed by atoms with E-state index in [0.717, 1.165) is 24.9 Å². The van der Waals surface area contributed by atoms with Gasteiger partial charge >= 0.3 is 0 Å². The summed E-state index contributed by atoms with van der Waals surface area (Å²) in [7, 11) is 0. The summed E-state index contributed by atoms with van der Waals surface area (Å²) < 4.78 is 12.3. The summed E-state index contributed by atoms with van der Waals surface area (Å²) in [6.45, 7) is 4.27. The van der Waals surface area contributed by atoms with Crippen LogP contribution in [0.4, 0.5) is 4.39 Å². The lowest BCUT2D eigenvalue weighted by molar-refractivity contribution is 0.189. The third kappa shape index (κ3) is 1.01. The topological polar surface area (TPSA) is 3.24 Å². The Balaban J connectivity index is 2.20. The molecule has 0 aromatic rings. The van der Waals surface area contributed by atoms with E-state index < -0.39 is 0 Å². The number of fused-ring (bicyclic) bond motifs is 1. The van der Waals surface area contributed by atoms with E-state index in [9.17, 15) is 4.39 Å². The van der Waals surface area contributed by atoms with E-state index in [1.165, 1.54) is 25.8 Å². The zero-order valence-corrected chi connectivity index (χ0v) is 7.65. The predicted octanol–water partition coefficient (Wildman–Crippen LogP) is 2.49. The molecule has 2 heteroatoms.